The van der Waals surface area contributed by atoms with Crippen molar-refractivity contribution in [1.29, 1.82) is 0 Å². The Bertz CT molecular complexity index is 334. The monoisotopic (exact) mass is 278 g/mol. The summed E-state index contributed by atoms with van der Waals surface area (Å²) >= 11 is 0. The van der Waals surface area contributed by atoms with Crippen LogP contribution in [0.2, 0.25) is 0 Å². The lowest BCUT2D eigenvalue weighted by Crippen LogP contribution is -2.61. The standard InChI is InChI=1S/C17H30N2O/c1-2-8-18-12-9-13-4-3-5-14(10-12)19(13)16-11-15-6-7-17(16)20-15/h12-18H,2-11H2,1H3. The number of hydrogen-bond acceptors (Lipinski definition) is 3. The molecule has 20 heavy (non-hydrogen) atoms. The molecule has 114 valence electrons. The summed E-state index contributed by atoms with van der Waals surface area (Å²) in [6.07, 6.45) is 13.5. The highest BCUT2D eigenvalue weighted by molar-refractivity contribution is 5.04. The summed E-state index contributed by atoms with van der Waals surface area (Å²) in [5.41, 5.74) is 0. The maximum absolute atomic E-state index is 6.14. The molecule has 5 atom stereocenters. The average Bonchev–Trinajstić information content (AvgIpc) is 3.06. The van der Waals surface area contributed by atoms with E-state index in [1.54, 1.807) is 0 Å². The third kappa shape index (κ3) is 2.32. The zero-order valence-electron chi connectivity index (χ0n) is 12.9. The van der Waals surface area contributed by atoms with Crippen LogP contribution in [0, 0.1) is 0 Å². The van der Waals surface area contributed by atoms with E-state index in [2.05, 4.69) is 17.1 Å². The molecule has 0 aromatic heterocycles. The van der Waals surface area contributed by atoms with E-state index < -0.39 is 0 Å². The first-order valence-corrected chi connectivity index (χ1v) is 9.01. The highest BCUT2D eigenvalue weighted by atomic mass is 16.5. The van der Waals surface area contributed by atoms with Crippen molar-refractivity contribution in [2.75, 3.05) is 6.54 Å². The first-order chi connectivity index (χ1) is 9.85. The Morgan fingerprint density at radius 2 is 1.85 bits per heavy atom. The maximum Gasteiger partial charge on any atom is 0.0736 e. The van der Waals surface area contributed by atoms with Crippen molar-refractivity contribution in [2.24, 2.45) is 0 Å². The molecular weight excluding hydrogens is 248 g/mol. The number of piperidine rings is 2. The Balaban J connectivity index is 1.45. The van der Waals surface area contributed by atoms with Crippen molar-refractivity contribution in [3.63, 3.8) is 0 Å². The summed E-state index contributed by atoms with van der Waals surface area (Å²) < 4.78 is 6.14. The van der Waals surface area contributed by atoms with Crippen molar-refractivity contribution in [3.8, 4) is 0 Å². The van der Waals surface area contributed by atoms with Crippen LogP contribution >= 0.6 is 0 Å². The van der Waals surface area contributed by atoms with Crippen LogP contribution in [0.15, 0.2) is 0 Å². The van der Waals surface area contributed by atoms with E-state index in [9.17, 15) is 0 Å². The van der Waals surface area contributed by atoms with Crippen molar-refractivity contribution in [2.45, 2.75) is 101 Å². The molecule has 0 aromatic rings. The van der Waals surface area contributed by atoms with Gasteiger partial charge in [0.15, 0.2) is 0 Å². The molecule has 0 aliphatic carbocycles. The van der Waals surface area contributed by atoms with Crippen LogP contribution in [0.4, 0.5) is 0 Å². The van der Waals surface area contributed by atoms with E-state index in [0.717, 1.165) is 24.2 Å². The zero-order valence-corrected chi connectivity index (χ0v) is 12.9. The number of fused-ring (bicyclic) bond motifs is 4. The van der Waals surface area contributed by atoms with Crippen molar-refractivity contribution >= 4 is 0 Å². The number of hydrogen-bond donors (Lipinski definition) is 1. The number of rotatable bonds is 4. The van der Waals surface area contributed by atoms with Crippen molar-refractivity contribution < 1.29 is 4.74 Å². The van der Waals surface area contributed by atoms with E-state index >= 15 is 0 Å². The molecule has 0 spiro atoms. The summed E-state index contributed by atoms with van der Waals surface area (Å²) in [7, 11) is 0. The minimum Gasteiger partial charge on any atom is -0.373 e. The van der Waals surface area contributed by atoms with E-state index in [4.69, 9.17) is 4.74 Å². The normalized spacial score (nSPS) is 47.9. The number of nitrogens with zero attached hydrogens (tertiary/aromatic N) is 1. The van der Waals surface area contributed by atoms with E-state index in [1.165, 1.54) is 64.3 Å². The van der Waals surface area contributed by atoms with Crippen LogP contribution in [0.5, 0.6) is 0 Å². The van der Waals surface area contributed by atoms with Gasteiger partial charge < -0.3 is 10.1 Å². The minimum absolute atomic E-state index is 0.572. The fourth-order valence-electron chi connectivity index (χ4n) is 5.40. The maximum atomic E-state index is 6.14. The van der Waals surface area contributed by atoms with Crippen LogP contribution in [0.25, 0.3) is 0 Å². The molecule has 4 fully saturated rings. The van der Waals surface area contributed by atoms with Gasteiger partial charge >= 0.3 is 0 Å². The van der Waals surface area contributed by atoms with Gasteiger partial charge in [-0.3, -0.25) is 4.90 Å². The van der Waals surface area contributed by atoms with Gasteiger partial charge in [-0.2, -0.15) is 0 Å². The molecular formula is C17H30N2O. The van der Waals surface area contributed by atoms with Gasteiger partial charge in [-0.1, -0.05) is 13.3 Å². The predicted octanol–water partition coefficient (Wildman–Crippen LogP) is 2.69. The predicted molar refractivity (Wildman–Crippen MR) is 80.9 cm³/mol. The molecule has 0 amide bonds. The molecule has 0 radical (unpaired) electrons. The molecule has 3 nitrogen and oxygen atoms in total. The molecule has 3 heteroatoms. The molecule has 4 aliphatic heterocycles. The molecule has 4 heterocycles. The van der Waals surface area contributed by atoms with Crippen LogP contribution in [0.3, 0.4) is 0 Å². The summed E-state index contributed by atoms with van der Waals surface area (Å²) in [5, 5.41) is 3.79. The lowest BCUT2D eigenvalue weighted by Gasteiger charge is -2.52. The second-order valence-corrected chi connectivity index (χ2v) is 7.49. The van der Waals surface area contributed by atoms with Gasteiger partial charge in [0.05, 0.1) is 12.2 Å². The molecule has 0 aromatic carbocycles. The summed E-state index contributed by atoms with van der Waals surface area (Å²) in [6, 6.07) is 3.21. The fraction of sp³-hybridized carbons (Fsp3) is 1.00. The highest BCUT2D eigenvalue weighted by Crippen LogP contribution is 2.44. The lowest BCUT2D eigenvalue weighted by molar-refractivity contribution is -0.0336. The third-order valence-electron chi connectivity index (χ3n) is 6.17. The Labute approximate surface area is 123 Å². The molecule has 5 unspecified atom stereocenters. The first kappa shape index (κ1) is 13.5. The van der Waals surface area contributed by atoms with Crippen molar-refractivity contribution in [3.05, 3.63) is 0 Å². The smallest absolute Gasteiger partial charge is 0.0736 e. The van der Waals surface area contributed by atoms with Gasteiger partial charge in [-0.05, 0) is 57.9 Å². The van der Waals surface area contributed by atoms with E-state index in [0.29, 0.717) is 12.2 Å². The average molecular weight is 278 g/mol. The highest BCUT2D eigenvalue weighted by Gasteiger charge is 2.49. The van der Waals surface area contributed by atoms with Crippen molar-refractivity contribution in [1.82, 2.24) is 10.2 Å². The molecule has 4 bridgehead atoms. The fourth-order valence-corrected chi connectivity index (χ4v) is 5.40. The van der Waals surface area contributed by atoms with Gasteiger partial charge in [0.2, 0.25) is 0 Å². The van der Waals surface area contributed by atoms with Crippen LogP contribution in [-0.4, -0.2) is 47.8 Å². The van der Waals surface area contributed by atoms with Gasteiger partial charge in [0.1, 0.15) is 0 Å². The third-order valence-corrected chi connectivity index (χ3v) is 6.17. The second kappa shape index (κ2) is 5.58. The summed E-state index contributed by atoms with van der Waals surface area (Å²) in [5.74, 6) is 0. The van der Waals surface area contributed by atoms with Crippen LogP contribution in [-0.2, 0) is 4.74 Å². The minimum atomic E-state index is 0.572. The molecule has 0 saturated carbocycles. The van der Waals surface area contributed by atoms with Gasteiger partial charge in [0.25, 0.3) is 0 Å². The Kier molecular flexibility index (Phi) is 3.78. The largest absolute Gasteiger partial charge is 0.373 e. The Hall–Kier alpha value is -0.120. The molecule has 4 aliphatic rings. The van der Waals surface area contributed by atoms with Gasteiger partial charge in [-0.25, -0.2) is 0 Å². The zero-order chi connectivity index (χ0) is 13.5. The van der Waals surface area contributed by atoms with Gasteiger partial charge in [0, 0.05) is 24.2 Å². The Morgan fingerprint density at radius 1 is 1.05 bits per heavy atom. The lowest BCUT2D eigenvalue weighted by atomic mass is 9.78. The summed E-state index contributed by atoms with van der Waals surface area (Å²) in [4.78, 5) is 2.93. The Morgan fingerprint density at radius 3 is 2.45 bits per heavy atom. The van der Waals surface area contributed by atoms with E-state index in [-0.39, 0.29) is 0 Å². The number of nitrogens with one attached hydrogen (secondary N) is 1. The first-order valence-electron chi connectivity index (χ1n) is 9.01. The van der Waals surface area contributed by atoms with Gasteiger partial charge in [-0.15, -0.1) is 0 Å². The molecule has 4 saturated heterocycles. The SMILES string of the molecule is CCCNC1CC2CCCC(C1)N2C1CC2CCC1O2. The van der Waals surface area contributed by atoms with E-state index in [1.807, 2.05) is 0 Å². The van der Waals surface area contributed by atoms with Crippen LogP contribution in [0.1, 0.15) is 64.7 Å². The second-order valence-electron chi connectivity index (χ2n) is 7.49. The topological polar surface area (TPSA) is 24.5 Å². The molecule has 4 rings (SSSR count). The molecule has 1 N–H and O–H groups in total. The number of ether oxygens (including phenoxy) is 1. The quantitative estimate of drug-likeness (QED) is 0.855. The summed E-state index contributed by atoms with van der Waals surface area (Å²) in [6.45, 7) is 3.47. The van der Waals surface area contributed by atoms with Crippen LogP contribution < -0.4 is 5.32 Å².